The average Bonchev–Trinajstić information content (AvgIpc) is 2.95. The van der Waals surface area contributed by atoms with Crippen molar-refractivity contribution < 1.29 is 14.0 Å². The van der Waals surface area contributed by atoms with E-state index in [0.717, 1.165) is 45.6 Å². The van der Waals surface area contributed by atoms with Crippen LogP contribution in [-0.4, -0.2) is 70.9 Å². The van der Waals surface area contributed by atoms with Crippen molar-refractivity contribution in [2.75, 3.05) is 32.7 Å². The minimum absolute atomic E-state index is 0.0377. The molecule has 0 unspecified atom stereocenters. The van der Waals surface area contributed by atoms with Crippen molar-refractivity contribution in [1.29, 1.82) is 0 Å². The number of nitrogens with zero attached hydrogens (tertiary/aromatic N) is 3. The lowest BCUT2D eigenvalue weighted by atomic mass is 9.86. The van der Waals surface area contributed by atoms with Gasteiger partial charge in [0.2, 0.25) is 0 Å². The van der Waals surface area contributed by atoms with Crippen molar-refractivity contribution in [2.45, 2.75) is 57.7 Å². The minimum Gasteiger partial charge on any atom is -0.323 e. The summed E-state index contributed by atoms with van der Waals surface area (Å²) in [5.41, 5.74) is -0.0208. The van der Waals surface area contributed by atoms with Gasteiger partial charge < -0.3 is 10.2 Å². The van der Waals surface area contributed by atoms with E-state index in [9.17, 15) is 14.0 Å². The minimum atomic E-state index is -0.713. The maximum absolute atomic E-state index is 13.9. The summed E-state index contributed by atoms with van der Waals surface area (Å²) in [6, 6.07) is 6.55. The molecule has 1 spiro atoms. The SMILES string of the molecule is CC(C)CN1CCC2(CC1)NC(=O)N(C1CCN(Cc3ccccc3F)CC1)C2=O. The molecule has 3 heterocycles. The molecule has 1 aromatic carbocycles. The number of hydrogen-bond donors (Lipinski definition) is 1. The summed E-state index contributed by atoms with van der Waals surface area (Å²) in [6.07, 6.45) is 2.85. The van der Waals surface area contributed by atoms with Gasteiger partial charge in [-0.15, -0.1) is 0 Å². The van der Waals surface area contributed by atoms with E-state index in [2.05, 4.69) is 29.0 Å². The molecule has 0 atom stereocenters. The molecule has 0 aromatic heterocycles. The highest BCUT2D eigenvalue weighted by molar-refractivity contribution is 6.07. The molecule has 0 radical (unpaired) electrons. The molecule has 0 saturated carbocycles. The van der Waals surface area contributed by atoms with Crippen molar-refractivity contribution in [1.82, 2.24) is 20.0 Å². The number of carbonyl (C=O) groups excluding carboxylic acids is 2. The van der Waals surface area contributed by atoms with Gasteiger partial charge in [-0.3, -0.25) is 14.6 Å². The fourth-order valence-corrected chi connectivity index (χ4v) is 5.15. The number of carbonyl (C=O) groups is 2. The number of imide groups is 1. The Morgan fingerprint density at radius 2 is 1.73 bits per heavy atom. The Morgan fingerprint density at radius 3 is 2.37 bits per heavy atom. The predicted octanol–water partition coefficient (Wildman–Crippen LogP) is 2.83. The topological polar surface area (TPSA) is 55.9 Å². The van der Waals surface area contributed by atoms with Crippen LogP contribution in [0, 0.1) is 11.7 Å². The van der Waals surface area contributed by atoms with Crippen molar-refractivity contribution in [2.24, 2.45) is 5.92 Å². The second-order valence-corrected chi connectivity index (χ2v) is 9.48. The molecule has 6 nitrogen and oxygen atoms in total. The Kier molecular flexibility index (Phi) is 6.11. The smallest absolute Gasteiger partial charge is 0.323 e. The van der Waals surface area contributed by atoms with Gasteiger partial charge in [0.25, 0.3) is 5.91 Å². The molecule has 3 aliphatic heterocycles. The van der Waals surface area contributed by atoms with E-state index in [4.69, 9.17) is 0 Å². The van der Waals surface area contributed by atoms with Gasteiger partial charge in [-0.1, -0.05) is 32.0 Å². The van der Waals surface area contributed by atoms with Gasteiger partial charge in [0.05, 0.1) is 0 Å². The van der Waals surface area contributed by atoms with E-state index >= 15 is 0 Å². The quantitative estimate of drug-likeness (QED) is 0.750. The fraction of sp³-hybridized carbons (Fsp3) is 0.652. The van der Waals surface area contributed by atoms with Crippen molar-refractivity contribution >= 4 is 11.9 Å². The Bertz CT molecular complexity index is 783. The van der Waals surface area contributed by atoms with E-state index in [1.165, 1.54) is 11.0 Å². The number of hydrogen-bond acceptors (Lipinski definition) is 4. The monoisotopic (exact) mass is 416 g/mol. The molecule has 164 valence electrons. The molecule has 3 saturated heterocycles. The fourth-order valence-electron chi connectivity index (χ4n) is 5.15. The van der Waals surface area contributed by atoms with Gasteiger partial charge in [0, 0.05) is 50.9 Å². The van der Waals surface area contributed by atoms with Crippen molar-refractivity contribution in [3.63, 3.8) is 0 Å². The van der Waals surface area contributed by atoms with Gasteiger partial charge in [0.15, 0.2) is 0 Å². The largest absolute Gasteiger partial charge is 0.325 e. The molecular formula is C23H33FN4O2. The second kappa shape index (κ2) is 8.63. The molecule has 7 heteroatoms. The molecule has 1 aromatic rings. The molecule has 0 aliphatic carbocycles. The first-order valence-electron chi connectivity index (χ1n) is 11.2. The Hall–Kier alpha value is -1.99. The molecule has 4 rings (SSSR count). The molecular weight excluding hydrogens is 383 g/mol. The summed E-state index contributed by atoms with van der Waals surface area (Å²) in [7, 11) is 0. The van der Waals surface area contributed by atoms with Gasteiger partial charge in [0.1, 0.15) is 11.4 Å². The number of likely N-dealkylation sites (tertiary alicyclic amines) is 2. The van der Waals surface area contributed by atoms with Crippen LogP contribution in [0.5, 0.6) is 0 Å². The molecule has 3 aliphatic rings. The summed E-state index contributed by atoms with van der Waals surface area (Å²) >= 11 is 0. The van der Waals surface area contributed by atoms with Crippen LogP contribution in [0.15, 0.2) is 24.3 Å². The van der Waals surface area contributed by atoms with Crippen molar-refractivity contribution in [3.05, 3.63) is 35.6 Å². The first-order chi connectivity index (χ1) is 14.4. The zero-order chi connectivity index (χ0) is 21.3. The van der Waals surface area contributed by atoms with Crippen LogP contribution >= 0.6 is 0 Å². The predicted molar refractivity (Wildman–Crippen MR) is 113 cm³/mol. The summed E-state index contributed by atoms with van der Waals surface area (Å²) in [5, 5.41) is 3.05. The Balaban J connectivity index is 1.34. The summed E-state index contributed by atoms with van der Waals surface area (Å²) in [6.45, 7) is 9.20. The first kappa shape index (κ1) is 21.2. The highest BCUT2D eigenvalue weighted by atomic mass is 19.1. The van der Waals surface area contributed by atoms with Gasteiger partial charge in [-0.2, -0.15) is 0 Å². The maximum Gasteiger partial charge on any atom is 0.325 e. The van der Waals surface area contributed by atoms with Crippen molar-refractivity contribution in [3.8, 4) is 0 Å². The van der Waals surface area contributed by atoms with E-state index in [1.54, 1.807) is 6.07 Å². The number of urea groups is 1. The third-order valence-corrected chi connectivity index (χ3v) is 6.80. The zero-order valence-corrected chi connectivity index (χ0v) is 18.1. The molecule has 1 N–H and O–H groups in total. The van der Waals surface area contributed by atoms with Gasteiger partial charge >= 0.3 is 6.03 Å². The van der Waals surface area contributed by atoms with Crippen LogP contribution in [-0.2, 0) is 11.3 Å². The zero-order valence-electron chi connectivity index (χ0n) is 18.1. The number of nitrogens with one attached hydrogen (secondary N) is 1. The third-order valence-electron chi connectivity index (χ3n) is 6.80. The first-order valence-corrected chi connectivity index (χ1v) is 11.2. The molecule has 3 fully saturated rings. The van der Waals surface area contributed by atoms with Crippen LogP contribution in [0.1, 0.15) is 45.1 Å². The number of amides is 3. The van der Waals surface area contributed by atoms with E-state index in [1.807, 2.05) is 12.1 Å². The Morgan fingerprint density at radius 1 is 1.07 bits per heavy atom. The van der Waals surface area contributed by atoms with Gasteiger partial charge in [-0.25, -0.2) is 9.18 Å². The molecule has 0 bridgehead atoms. The number of halogens is 1. The number of rotatable bonds is 5. The Labute approximate surface area is 178 Å². The molecule has 3 amide bonds. The second-order valence-electron chi connectivity index (χ2n) is 9.48. The standard InChI is InChI=1S/C23H33FN4O2/c1-17(2)15-27-13-9-23(10-14-27)21(29)28(22(30)25-23)19-7-11-26(12-8-19)16-18-5-3-4-6-20(18)24/h3-6,17,19H,7-16H2,1-2H3,(H,25,30). The maximum atomic E-state index is 13.9. The van der Waals surface area contributed by atoms with Crippen LogP contribution in [0.2, 0.25) is 0 Å². The summed E-state index contributed by atoms with van der Waals surface area (Å²) in [5.74, 6) is 0.377. The highest BCUT2D eigenvalue weighted by Gasteiger charge is 2.54. The number of benzene rings is 1. The van der Waals surface area contributed by atoms with Crippen LogP contribution in [0.4, 0.5) is 9.18 Å². The summed E-state index contributed by atoms with van der Waals surface area (Å²) < 4.78 is 13.9. The lowest BCUT2D eigenvalue weighted by Gasteiger charge is -2.39. The third kappa shape index (κ3) is 4.23. The highest BCUT2D eigenvalue weighted by Crippen LogP contribution is 2.33. The molecule has 30 heavy (non-hydrogen) atoms. The normalized spacial score (nSPS) is 23.5. The van der Waals surface area contributed by atoms with Crippen LogP contribution in [0.3, 0.4) is 0 Å². The van der Waals surface area contributed by atoms with Gasteiger partial charge in [-0.05, 0) is 37.7 Å². The van der Waals surface area contributed by atoms with Crippen LogP contribution in [0.25, 0.3) is 0 Å². The lowest BCUT2D eigenvalue weighted by Crippen LogP contribution is -2.56. The van der Waals surface area contributed by atoms with E-state index in [0.29, 0.717) is 30.9 Å². The summed E-state index contributed by atoms with van der Waals surface area (Å²) in [4.78, 5) is 32.1. The average molecular weight is 417 g/mol. The van der Waals surface area contributed by atoms with Crippen LogP contribution < -0.4 is 5.32 Å². The van der Waals surface area contributed by atoms with E-state index < -0.39 is 5.54 Å². The lowest BCUT2D eigenvalue weighted by molar-refractivity contribution is -0.135. The van der Waals surface area contributed by atoms with E-state index in [-0.39, 0.29) is 23.8 Å². The number of piperidine rings is 2.